The second-order valence-electron chi connectivity index (χ2n) is 6.66. The number of hydrogen-bond acceptors (Lipinski definition) is 6. The SMILES string of the molecule is CC1(CCc2ccccc2)NC(=O)N(Cc2nc(-c3ccsc3)no2)C1=O. The van der Waals surface area contributed by atoms with Crippen molar-refractivity contribution in [2.24, 2.45) is 0 Å². The van der Waals surface area contributed by atoms with Crippen molar-refractivity contribution >= 4 is 23.3 Å². The summed E-state index contributed by atoms with van der Waals surface area (Å²) in [5.74, 6) is 0.399. The Morgan fingerprint density at radius 2 is 2.04 bits per heavy atom. The van der Waals surface area contributed by atoms with Gasteiger partial charge in [-0.05, 0) is 36.8 Å². The molecule has 1 aromatic carbocycles. The molecule has 0 spiro atoms. The normalized spacial score (nSPS) is 19.5. The molecule has 3 heterocycles. The van der Waals surface area contributed by atoms with Crippen LogP contribution in [-0.4, -0.2) is 32.5 Å². The van der Waals surface area contributed by atoms with E-state index in [-0.39, 0.29) is 18.3 Å². The van der Waals surface area contributed by atoms with Crippen LogP contribution in [0.5, 0.6) is 0 Å². The summed E-state index contributed by atoms with van der Waals surface area (Å²) in [6.45, 7) is 1.71. The molecule has 4 rings (SSSR count). The number of thiophene rings is 1. The van der Waals surface area contributed by atoms with E-state index in [4.69, 9.17) is 4.52 Å². The summed E-state index contributed by atoms with van der Waals surface area (Å²) < 4.78 is 5.21. The van der Waals surface area contributed by atoms with Crippen molar-refractivity contribution in [1.82, 2.24) is 20.4 Å². The lowest BCUT2D eigenvalue weighted by Crippen LogP contribution is -2.44. The van der Waals surface area contributed by atoms with Crippen molar-refractivity contribution < 1.29 is 14.1 Å². The monoisotopic (exact) mass is 382 g/mol. The van der Waals surface area contributed by atoms with Crippen LogP contribution in [-0.2, 0) is 17.8 Å². The summed E-state index contributed by atoms with van der Waals surface area (Å²) in [5, 5.41) is 10.5. The van der Waals surface area contributed by atoms with Gasteiger partial charge < -0.3 is 9.84 Å². The third-order valence-corrected chi connectivity index (χ3v) is 5.33. The van der Waals surface area contributed by atoms with E-state index >= 15 is 0 Å². The minimum absolute atomic E-state index is 0.0390. The van der Waals surface area contributed by atoms with Crippen molar-refractivity contribution in [3.05, 3.63) is 58.6 Å². The topological polar surface area (TPSA) is 88.3 Å². The Hall–Kier alpha value is -3.00. The zero-order valence-electron chi connectivity index (χ0n) is 14.7. The Balaban J connectivity index is 1.45. The fourth-order valence-corrected chi connectivity index (χ4v) is 3.70. The molecule has 1 fully saturated rings. The van der Waals surface area contributed by atoms with Crippen LogP contribution in [0.4, 0.5) is 4.79 Å². The number of imide groups is 1. The van der Waals surface area contributed by atoms with Crippen molar-refractivity contribution in [2.45, 2.75) is 31.8 Å². The Kier molecular flexibility index (Phi) is 4.49. The summed E-state index contributed by atoms with van der Waals surface area (Å²) in [7, 11) is 0. The van der Waals surface area contributed by atoms with Crippen LogP contribution in [0, 0.1) is 0 Å². The Morgan fingerprint density at radius 3 is 2.78 bits per heavy atom. The molecule has 138 valence electrons. The highest BCUT2D eigenvalue weighted by Crippen LogP contribution is 2.25. The van der Waals surface area contributed by atoms with Crippen LogP contribution in [0.2, 0.25) is 0 Å². The minimum atomic E-state index is -0.941. The van der Waals surface area contributed by atoms with Gasteiger partial charge >= 0.3 is 6.03 Å². The van der Waals surface area contributed by atoms with E-state index < -0.39 is 11.6 Å². The van der Waals surface area contributed by atoms with Gasteiger partial charge in [-0.15, -0.1) is 0 Å². The summed E-state index contributed by atoms with van der Waals surface area (Å²) >= 11 is 1.53. The van der Waals surface area contributed by atoms with Gasteiger partial charge in [0.15, 0.2) is 0 Å². The number of carbonyl (C=O) groups is 2. The molecule has 1 saturated heterocycles. The van der Waals surface area contributed by atoms with Gasteiger partial charge in [0.05, 0.1) is 0 Å². The average molecular weight is 382 g/mol. The number of nitrogens with one attached hydrogen (secondary N) is 1. The van der Waals surface area contributed by atoms with Gasteiger partial charge in [0.2, 0.25) is 11.7 Å². The summed E-state index contributed by atoms with van der Waals surface area (Å²) in [4.78, 5) is 30.6. The third kappa shape index (κ3) is 3.48. The van der Waals surface area contributed by atoms with Crippen LogP contribution in [0.1, 0.15) is 24.8 Å². The van der Waals surface area contributed by atoms with Crippen LogP contribution >= 0.6 is 11.3 Å². The minimum Gasteiger partial charge on any atom is -0.337 e. The third-order valence-electron chi connectivity index (χ3n) is 4.64. The largest absolute Gasteiger partial charge is 0.337 e. The molecule has 1 atom stereocenters. The predicted molar refractivity (Wildman–Crippen MR) is 99.9 cm³/mol. The summed E-state index contributed by atoms with van der Waals surface area (Å²) in [5.41, 5.74) is 1.03. The quantitative estimate of drug-likeness (QED) is 0.661. The highest BCUT2D eigenvalue weighted by atomic mass is 32.1. The molecule has 2 aromatic heterocycles. The molecule has 1 unspecified atom stereocenters. The molecule has 7 nitrogen and oxygen atoms in total. The molecular weight excluding hydrogens is 364 g/mol. The maximum atomic E-state index is 12.9. The smallest absolute Gasteiger partial charge is 0.325 e. The first kappa shape index (κ1) is 17.4. The molecule has 0 aliphatic carbocycles. The molecule has 1 aliphatic rings. The predicted octanol–water partition coefficient (Wildman–Crippen LogP) is 3.24. The molecule has 3 aromatic rings. The molecule has 3 amide bonds. The van der Waals surface area contributed by atoms with Gasteiger partial charge in [-0.2, -0.15) is 16.3 Å². The van der Waals surface area contributed by atoms with E-state index in [0.717, 1.165) is 16.0 Å². The summed E-state index contributed by atoms with van der Waals surface area (Å²) in [6.07, 6.45) is 1.21. The highest BCUT2D eigenvalue weighted by Gasteiger charge is 2.47. The van der Waals surface area contributed by atoms with Gasteiger partial charge in [-0.3, -0.25) is 9.69 Å². The Morgan fingerprint density at radius 1 is 1.22 bits per heavy atom. The molecular formula is C19H18N4O3S. The highest BCUT2D eigenvalue weighted by molar-refractivity contribution is 7.08. The van der Waals surface area contributed by atoms with E-state index in [1.54, 1.807) is 6.92 Å². The van der Waals surface area contributed by atoms with Gasteiger partial charge in [-0.1, -0.05) is 35.5 Å². The Bertz CT molecular complexity index is 955. The number of carbonyl (C=O) groups excluding carboxylic acids is 2. The first-order valence-corrected chi connectivity index (χ1v) is 9.53. The zero-order chi connectivity index (χ0) is 18.9. The van der Waals surface area contributed by atoms with Gasteiger partial charge in [0.1, 0.15) is 12.1 Å². The Labute approximate surface area is 160 Å². The number of amides is 3. The fourth-order valence-electron chi connectivity index (χ4n) is 3.06. The standard InChI is InChI=1S/C19H18N4O3S/c1-19(9-7-13-5-3-2-4-6-13)17(24)23(18(25)21-19)11-15-20-16(22-26-15)14-8-10-27-12-14/h2-6,8,10,12H,7,9,11H2,1H3,(H,21,25). The first-order chi connectivity index (χ1) is 13.0. The van der Waals surface area contributed by atoms with Crippen molar-refractivity contribution in [3.8, 4) is 11.4 Å². The van der Waals surface area contributed by atoms with Crippen molar-refractivity contribution in [2.75, 3.05) is 0 Å². The van der Waals surface area contributed by atoms with Gasteiger partial charge in [0, 0.05) is 10.9 Å². The number of aryl methyl sites for hydroxylation is 1. The lowest BCUT2D eigenvalue weighted by molar-refractivity contribution is -0.131. The number of benzene rings is 1. The van der Waals surface area contributed by atoms with E-state index in [1.165, 1.54) is 11.3 Å². The molecule has 1 aliphatic heterocycles. The number of urea groups is 1. The molecule has 1 N–H and O–H groups in total. The van der Waals surface area contributed by atoms with E-state index in [0.29, 0.717) is 18.7 Å². The lowest BCUT2D eigenvalue weighted by Gasteiger charge is -2.21. The number of rotatable bonds is 6. The number of nitrogens with zero attached hydrogens (tertiary/aromatic N) is 3. The van der Waals surface area contributed by atoms with Gasteiger partial charge in [-0.25, -0.2) is 4.79 Å². The maximum absolute atomic E-state index is 12.9. The number of hydrogen-bond donors (Lipinski definition) is 1. The van der Waals surface area contributed by atoms with Crippen LogP contribution in [0.15, 0.2) is 51.7 Å². The van der Waals surface area contributed by atoms with E-state index in [2.05, 4.69) is 15.5 Å². The van der Waals surface area contributed by atoms with Crippen LogP contribution in [0.3, 0.4) is 0 Å². The lowest BCUT2D eigenvalue weighted by atomic mass is 9.93. The van der Waals surface area contributed by atoms with Crippen molar-refractivity contribution in [3.63, 3.8) is 0 Å². The average Bonchev–Trinajstić information content (AvgIpc) is 3.39. The molecule has 0 saturated carbocycles. The molecule has 0 radical (unpaired) electrons. The second kappa shape index (κ2) is 6.96. The van der Waals surface area contributed by atoms with E-state index in [1.807, 2.05) is 47.2 Å². The van der Waals surface area contributed by atoms with E-state index in [9.17, 15) is 9.59 Å². The van der Waals surface area contributed by atoms with Crippen molar-refractivity contribution in [1.29, 1.82) is 0 Å². The van der Waals surface area contributed by atoms with Crippen LogP contribution < -0.4 is 5.32 Å². The molecule has 27 heavy (non-hydrogen) atoms. The number of aromatic nitrogens is 2. The second-order valence-corrected chi connectivity index (χ2v) is 7.44. The zero-order valence-corrected chi connectivity index (χ0v) is 15.5. The van der Waals surface area contributed by atoms with Gasteiger partial charge in [0.25, 0.3) is 5.91 Å². The first-order valence-electron chi connectivity index (χ1n) is 8.58. The molecule has 0 bridgehead atoms. The summed E-state index contributed by atoms with van der Waals surface area (Å²) in [6, 6.07) is 11.3. The molecule has 8 heteroatoms. The van der Waals surface area contributed by atoms with Crippen LogP contribution in [0.25, 0.3) is 11.4 Å². The maximum Gasteiger partial charge on any atom is 0.325 e. The fraction of sp³-hybridized carbons (Fsp3) is 0.263.